The molecule has 284 valence electrons. The molecule has 4 aromatic carbocycles. The summed E-state index contributed by atoms with van der Waals surface area (Å²) in [5, 5.41) is 3.81. The lowest BCUT2D eigenvalue weighted by atomic mass is 9.79. The highest BCUT2D eigenvalue weighted by Gasteiger charge is 2.39. The SMILES string of the molecule is CC(C=CC=C1Nc2ccc3cc(S(=O)(=O)O)cc(S(=O)(=O)O)c3c2C1(C)C)=CC=CC1=Nc2ccc3cc(S(=O)(=O)O)cc(S(=O)(=O)O)c3c2C1(C)C. The van der Waals surface area contributed by atoms with Crippen molar-refractivity contribution in [3.05, 3.63) is 107 Å². The van der Waals surface area contributed by atoms with Crippen molar-refractivity contribution < 1.29 is 51.9 Å². The zero-order valence-electron chi connectivity index (χ0n) is 29.2. The molecule has 0 spiro atoms. The van der Waals surface area contributed by atoms with Crippen molar-refractivity contribution in [2.45, 2.75) is 65.0 Å². The van der Waals surface area contributed by atoms with Gasteiger partial charge in [-0.1, -0.05) is 69.7 Å². The van der Waals surface area contributed by atoms with Crippen LogP contribution in [-0.2, 0) is 51.3 Å². The summed E-state index contributed by atoms with van der Waals surface area (Å²) in [4.78, 5) is 2.00. The molecule has 2 aliphatic rings. The lowest BCUT2D eigenvalue weighted by molar-refractivity contribution is 0.477. The third kappa shape index (κ3) is 6.95. The van der Waals surface area contributed by atoms with Crippen LogP contribution in [0.15, 0.2) is 121 Å². The van der Waals surface area contributed by atoms with Crippen molar-refractivity contribution in [3.63, 3.8) is 0 Å². The molecule has 4 aromatic rings. The minimum absolute atomic E-state index is 0.0814. The predicted molar refractivity (Wildman–Crippen MR) is 204 cm³/mol. The van der Waals surface area contributed by atoms with Crippen LogP contribution >= 0.6 is 0 Å². The normalized spacial score (nSPS) is 18.1. The van der Waals surface area contributed by atoms with Gasteiger partial charge in [0.25, 0.3) is 40.5 Å². The predicted octanol–water partition coefficient (Wildman–Crippen LogP) is 6.69. The smallest absolute Gasteiger partial charge is 0.295 e. The van der Waals surface area contributed by atoms with Crippen LogP contribution in [0.1, 0.15) is 45.7 Å². The summed E-state index contributed by atoms with van der Waals surface area (Å²) in [7, 11) is -19.4. The molecule has 0 saturated heterocycles. The maximum absolute atomic E-state index is 12.4. The molecule has 0 unspecified atom stereocenters. The van der Waals surface area contributed by atoms with E-state index < -0.39 is 70.9 Å². The van der Waals surface area contributed by atoms with E-state index in [0.717, 1.165) is 23.8 Å². The molecule has 0 bridgehead atoms. The number of aliphatic imine (C=N–C) groups is 1. The second-order valence-electron chi connectivity index (χ2n) is 14.0. The highest BCUT2D eigenvalue weighted by Crippen LogP contribution is 2.49. The van der Waals surface area contributed by atoms with Crippen LogP contribution in [-0.4, -0.2) is 57.6 Å². The van der Waals surface area contributed by atoms with E-state index >= 15 is 0 Å². The molecule has 0 atom stereocenters. The first-order chi connectivity index (χ1) is 24.7. The van der Waals surface area contributed by atoms with Gasteiger partial charge in [0.15, 0.2) is 0 Å². The van der Waals surface area contributed by atoms with Crippen molar-refractivity contribution in [1.29, 1.82) is 0 Å². The van der Waals surface area contributed by atoms with E-state index in [1.165, 1.54) is 12.1 Å². The van der Waals surface area contributed by atoms with E-state index in [-0.39, 0.29) is 21.5 Å². The first-order valence-electron chi connectivity index (χ1n) is 15.9. The van der Waals surface area contributed by atoms with Crippen LogP contribution in [0.2, 0.25) is 0 Å². The van der Waals surface area contributed by atoms with E-state index in [2.05, 4.69) is 10.3 Å². The van der Waals surface area contributed by atoms with Crippen molar-refractivity contribution >= 4 is 79.1 Å². The Morgan fingerprint density at radius 3 is 1.70 bits per heavy atom. The van der Waals surface area contributed by atoms with Gasteiger partial charge in [-0.05, 0) is 77.4 Å². The number of fused-ring (bicyclic) bond motifs is 6. The van der Waals surface area contributed by atoms with Crippen LogP contribution in [0.5, 0.6) is 0 Å². The number of anilines is 1. The largest absolute Gasteiger partial charge is 0.358 e. The molecule has 2 aliphatic heterocycles. The summed E-state index contributed by atoms with van der Waals surface area (Å²) in [6, 6.07) is 9.90. The van der Waals surface area contributed by atoms with E-state index in [1.54, 1.807) is 56.4 Å². The first kappa shape index (κ1) is 39.2. The van der Waals surface area contributed by atoms with Crippen LogP contribution in [0.25, 0.3) is 21.5 Å². The summed E-state index contributed by atoms with van der Waals surface area (Å²) in [5.74, 6) is 0. The van der Waals surface area contributed by atoms with Crippen molar-refractivity contribution in [2.24, 2.45) is 4.99 Å². The fraction of sp³-hybridized carbons (Fsp3) is 0.194. The molecular formula is C36H34N2O12S4. The standard InChI is InChI=1S/C36H34N2O12S4/c1-20(8-6-10-29-35(2,3)33-25(37-29)14-12-21-16-23(51(39,40)41)18-27(31(21)33)53(45,46)47)9-7-11-30-36(4,5)34-26(38-30)15-13-22-17-24(52(42,43)44)19-28(32(22)34)54(48,49)50/h6-19,37H,1-5H3,(H,39,40,41)(H,42,43,44)(H,45,46,47)(H,48,49,50). The highest BCUT2D eigenvalue weighted by molar-refractivity contribution is 7.87. The van der Waals surface area contributed by atoms with Gasteiger partial charge in [-0.25, -0.2) is 0 Å². The van der Waals surface area contributed by atoms with Gasteiger partial charge in [-0.2, -0.15) is 33.7 Å². The molecule has 0 amide bonds. The summed E-state index contributed by atoms with van der Waals surface area (Å²) < 4.78 is 136. The fourth-order valence-corrected chi connectivity index (χ4v) is 9.69. The number of benzene rings is 4. The van der Waals surface area contributed by atoms with Gasteiger partial charge < -0.3 is 5.32 Å². The molecule has 0 aliphatic carbocycles. The molecule has 14 nitrogen and oxygen atoms in total. The monoisotopic (exact) mass is 814 g/mol. The maximum atomic E-state index is 12.4. The second kappa shape index (κ2) is 12.8. The van der Waals surface area contributed by atoms with Gasteiger partial charge in [-0.15, -0.1) is 0 Å². The minimum atomic E-state index is -4.93. The Morgan fingerprint density at radius 1 is 0.667 bits per heavy atom. The van der Waals surface area contributed by atoms with E-state index in [4.69, 9.17) is 0 Å². The number of hydrogen-bond donors (Lipinski definition) is 5. The average Bonchev–Trinajstić information content (AvgIpc) is 3.45. The van der Waals surface area contributed by atoms with E-state index in [0.29, 0.717) is 40.0 Å². The molecule has 54 heavy (non-hydrogen) atoms. The third-order valence-corrected chi connectivity index (χ3v) is 13.0. The van der Waals surface area contributed by atoms with Crippen LogP contribution in [0.3, 0.4) is 0 Å². The highest BCUT2D eigenvalue weighted by atomic mass is 32.2. The molecule has 0 fully saturated rings. The Hall–Kier alpha value is -4.53. The lowest BCUT2D eigenvalue weighted by Gasteiger charge is -2.23. The van der Waals surface area contributed by atoms with Crippen LogP contribution in [0.4, 0.5) is 11.4 Å². The average molecular weight is 815 g/mol. The Kier molecular flexibility index (Phi) is 9.27. The van der Waals surface area contributed by atoms with E-state index in [9.17, 15) is 51.9 Å². The molecule has 2 heterocycles. The zero-order chi connectivity index (χ0) is 40.0. The Balaban J connectivity index is 1.29. The van der Waals surface area contributed by atoms with Gasteiger partial charge in [-0.3, -0.25) is 23.2 Å². The molecule has 18 heteroatoms. The van der Waals surface area contributed by atoms with Gasteiger partial charge in [0, 0.05) is 33.0 Å². The fourth-order valence-electron chi connectivity index (χ4n) is 6.95. The Bertz CT molecular complexity index is 2960. The van der Waals surface area contributed by atoms with Crippen LogP contribution < -0.4 is 5.32 Å². The summed E-state index contributed by atoms with van der Waals surface area (Å²) >= 11 is 0. The van der Waals surface area contributed by atoms with Crippen molar-refractivity contribution in [1.82, 2.24) is 0 Å². The van der Waals surface area contributed by atoms with Gasteiger partial charge >= 0.3 is 0 Å². The molecule has 6 rings (SSSR count). The molecule has 5 N–H and O–H groups in total. The third-order valence-electron chi connectivity index (χ3n) is 9.55. The summed E-state index contributed by atoms with van der Waals surface area (Å²) in [5.41, 5.74) is 2.21. The van der Waals surface area contributed by atoms with Crippen molar-refractivity contribution in [3.8, 4) is 0 Å². The summed E-state index contributed by atoms with van der Waals surface area (Å²) in [6.45, 7) is 9.11. The van der Waals surface area contributed by atoms with Gasteiger partial charge in [0.1, 0.15) is 9.79 Å². The maximum Gasteiger partial charge on any atom is 0.295 e. The van der Waals surface area contributed by atoms with Crippen LogP contribution in [0, 0.1) is 0 Å². The second-order valence-corrected chi connectivity index (χ2v) is 19.6. The summed E-state index contributed by atoms with van der Waals surface area (Å²) in [6.07, 6.45) is 10.7. The molecular weight excluding hydrogens is 781 g/mol. The Labute approximate surface area is 312 Å². The van der Waals surface area contributed by atoms with E-state index in [1.807, 2.05) is 26.8 Å². The first-order valence-corrected chi connectivity index (χ1v) is 21.7. The zero-order valence-corrected chi connectivity index (χ0v) is 32.5. The number of nitrogens with zero attached hydrogens (tertiary/aromatic N) is 1. The number of allylic oxidation sites excluding steroid dienone is 8. The quantitative estimate of drug-likeness (QED) is 0.0921. The van der Waals surface area contributed by atoms with Gasteiger partial charge in [0.05, 0.1) is 21.2 Å². The molecule has 0 aromatic heterocycles. The topological polar surface area (TPSA) is 242 Å². The molecule has 0 saturated carbocycles. The number of hydrogen-bond acceptors (Lipinski definition) is 10. The van der Waals surface area contributed by atoms with Gasteiger partial charge in [0.2, 0.25) is 0 Å². The molecule has 0 radical (unpaired) electrons. The van der Waals surface area contributed by atoms with Crippen molar-refractivity contribution in [2.75, 3.05) is 5.32 Å². The number of nitrogens with one attached hydrogen (secondary N) is 1. The Morgan fingerprint density at radius 2 is 1.19 bits per heavy atom. The number of rotatable bonds is 8. The minimum Gasteiger partial charge on any atom is -0.358 e. The lowest BCUT2D eigenvalue weighted by Crippen LogP contribution is -2.24.